The highest BCUT2D eigenvalue weighted by Crippen LogP contribution is 1.92. The molecule has 1 heterocycles. The van der Waals surface area contributed by atoms with Crippen molar-refractivity contribution in [2.24, 2.45) is 5.28 Å². The van der Waals surface area contributed by atoms with Crippen molar-refractivity contribution in [1.29, 1.82) is 0 Å². The van der Waals surface area contributed by atoms with Crippen molar-refractivity contribution < 1.29 is 14.7 Å². The fourth-order valence-corrected chi connectivity index (χ4v) is 0.655. The van der Waals surface area contributed by atoms with Crippen LogP contribution in [-0.4, -0.2) is 37.2 Å². The highest BCUT2D eigenvalue weighted by molar-refractivity contribution is 5.12. The predicted molar refractivity (Wildman–Crippen MR) is 41.5 cm³/mol. The lowest BCUT2D eigenvalue weighted by Gasteiger charge is -1.95. The first kappa shape index (κ1) is 10.6. The molecule has 0 aliphatic rings. The third-order valence-electron chi connectivity index (χ3n) is 1.06. The van der Waals surface area contributed by atoms with Crippen molar-refractivity contribution >= 4 is 5.95 Å². The van der Waals surface area contributed by atoms with Gasteiger partial charge in [0, 0.05) is 0 Å². The molecule has 0 aromatic carbocycles. The Morgan fingerprint density at radius 3 is 3.00 bits per heavy atom. The van der Waals surface area contributed by atoms with Gasteiger partial charge in [0.15, 0.2) is 5.03 Å². The Morgan fingerprint density at radius 1 is 1.67 bits per heavy atom. The maximum Gasteiger partial charge on any atom is 0.323 e. The number of tetrazole rings is 1. The molecule has 12 nitrogen and oxygen atoms in total. The van der Waals surface area contributed by atoms with Crippen LogP contribution in [0.25, 0.3) is 0 Å². The van der Waals surface area contributed by atoms with Crippen LogP contribution >= 0.6 is 0 Å². The van der Waals surface area contributed by atoms with E-state index in [1.54, 1.807) is 5.43 Å². The zero-order valence-electron chi connectivity index (χ0n) is 7.47. The van der Waals surface area contributed by atoms with Crippen LogP contribution in [0.4, 0.5) is 5.95 Å². The van der Waals surface area contributed by atoms with Crippen molar-refractivity contribution in [1.82, 2.24) is 20.2 Å². The number of hydrogen-bond acceptors (Lipinski definition) is 8. The van der Waals surface area contributed by atoms with E-state index in [2.05, 4.69) is 25.5 Å². The molecule has 1 aromatic rings. The van der Waals surface area contributed by atoms with Gasteiger partial charge >= 0.3 is 5.95 Å². The first-order chi connectivity index (χ1) is 7.11. The van der Waals surface area contributed by atoms with Crippen molar-refractivity contribution in [2.45, 2.75) is 6.67 Å². The second-order valence-corrected chi connectivity index (χ2v) is 2.11. The van der Waals surface area contributed by atoms with Crippen LogP contribution in [0.5, 0.6) is 0 Å². The summed E-state index contributed by atoms with van der Waals surface area (Å²) in [6, 6.07) is 0. The fourth-order valence-electron chi connectivity index (χ4n) is 0.655. The van der Waals surface area contributed by atoms with Crippen molar-refractivity contribution in [2.75, 3.05) is 12.5 Å². The lowest BCUT2D eigenvalue weighted by Crippen LogP contribution is -2.13. The summed E-state index contributed by atoms with van der Waals surface area (Å²) in [5, 5.41) is 32.9. The van der Waals surface area contributed by atoms with E-state index >= 15 is 0 Å². The van der Waals surface area contributed by atoms with Crippen LogP contribution in [0.2, 0.25) is 0 Å². The molecule has 0 atom stereocenters. The molecule has 82 valence electrons. The molecular weight excluding hydrogens is 212 g/mol. The summed E-state index contributed by atoms with van der Waals surface area (Å²) in [7, 11) is 1.19. The number of nitro groups is 1. The van der Waals surface area contributed by atoms with Gasteiger partial charge in [-0.2, -0.15) is 0 Å². The molecular formula is C3H6N8O4. The normalized spacial score (nSPS) is 11.1. The molecule has 0 saturated carbocycles. The Balaban J connectivity index is 2.60. The second-order valence-electron chi connectivity index (χ2n) is 2.11. The van der Waals surface area contributed by atoms with Gasteiger partial charge < -0.3 is 10.0 Å². The third kappa shape index (κ3) is 3.37. The molecule has 12 heteroatoms. The highest BCUT2D eigenvalue weighted by Gasteiger charge is 2.09. The fraction of sp³-hybridized carbons (Fsp3) is 0.667. The summed E-state index contributed by atoms with van der Waals surface area (Å²) < 4.78 is 0. The largest absolute Gasteiger partial charge is 0.596 e. The number of aromatic nitrogens is 4. The van der Waals surface area contributed by atoms with Gasteiger partial charge in [-0.3, -0.25) is 0 Å². The minimum atomic E-state index is -0.851. The Morgan fingerprint density at radius 2 is 2.40 bits per heavy atom. The van der Waals surface area contributed by atoms with E-state index in [4.69, 9.17) is 0 Å². The van der Waals surface area contributed by atoms with E-state index in [0.29, 0.717) is 0 Å². The topological polar surface area (TPSA) is 146 Å². The molecule has 0 bridgehead atoms. The van der Waals surface area contributed by atoms with E-state index in [1.807, 2.05) is 0 Å². The number of hydrazine groups is 1. The van der Waals surface area contributed by atoms with E-state index in [-0.39, 0.29) is 17.5 Å². The highest BCUT2D eigenvalue weighted by atomic mass is 16.7. The smallest absolute Gasteiger partial charge is 0.323 e. The van der Waals surface area contributed by atoms with Gasteiger partial charge in [0.2, 0.25) is 5.28 Å². The van der Waals surface area contributed by atoms with Gasteiger partial charge in [0.05, 0.1) is 0 Å². The van der Waals surface area contributed by atoms with Crippen LogP contribution in [0.1, 0.15) is 0 Å². The number of rotatable bonds is 5. The average Bonchev–Trinajstić information content (AvgIpc) is 2.51. The molecule has 0 radical (unpaired) electrons. The quantitative estimate of drug-likeness (QED) is 0.279. The van der Waals surface area contributed by atoms with Gasteiger partial charge in [-0.05, 0) is 10.1 Å². The van der Waals surface area contributed by atoms with Crippen LogP contribution in [0, 0.1) is 15.3 Å². The summed E-state index contributed by atoms with van der Waals surface area (Å²) in [6.07, 6.45) is 0. The zero-order valence-corrected chi connectivity index (χ0v) is 7.47. The summed E-state index contributed by atoms with van der Waals surface area (Å²) in [5.41, 5.74) is 1.66. The molecule has 0 fully saturated rings. The van der Waals surface area contributed by atoms with Gasteiger partial charge in [0.25, 0.3) is 6.67 Å². The van der Waals surface area contributed by atoms with Gasteiger partial charge in [0.1, 0.15) is 7.11 Å². The number of nitrogens with zero attached hydrogens (tertiary/aromatic N) is 7. The minimum absolute atomic E-state index is 0.137. The van der Waals surface area contributed by atoms with Gasteiger partial charge in [-0.15, -0.1) is 5.10 Å². The van der Waals surface area contributed by atoms with Crippen LogP contribution in [0.15, 0.2) is 5.28 Å². The summed E-state index contributed by atoms with van der Waals surface area (Å²) in [4.78, 5) is 15.1. The maximum atomic E-state index is 10.8. The van der Waals surface area contributed by atoms with E-state index in [0.717, 1.165) is 4.80 Å². The maximum absolute atomic E-state index is 10.8. The van der Waals surface area contributed by atoms with Crippen molar-refractivity contribution in [3.63, 3.8) is 0 Å². The first-order valence-corrected chi connectivity index (χ1v) is 3.49. The Kier molecular flexibility index (Phi) is 3.26. The molecule has 1 rings (SSSR count). The Hall–Kier alpha value is -2.53. The molecule has 1 aromatic heterocycles. The molecule has 0 unspecified atom stereocenters. The average molecular weight is 218 g/mol. The number of anilines is 1. The molecule has 0 aliphatic carbocycles. The van der Waals surface area contributed by atoms with Crippen LogP contribution in [0.3, 0.4) is 0 Å². The van der Waals surface area contributed by atoms with E-state index < -0.39 is 5.03 Å². The van der Waals surface area contributed by atoms with Crippen molar-refractivity contribution in [3.8, 4) is 0 Å². The zero-order chi connectivity index (χ0) is 11.3. The summed E-state index contributed by atoms with van der Waals surface area (Å²) in [5.74, 6) is -0.328. The minimum Gasteiger partial charge on any atom is -0.596 e. The number of hydrogen-bond donors (Lipinski definition) is 1. The first-order valence-electron chi connectivity index (χ1n) is 3.49. The molecule has 15 heavy (non-hydrogen) atoms. The summed E-state index contributed by atoms with van der Waals surface area (Å²) >= 11 is 0. The number of nitrogens with one attached hydrogen (secondary N) is 1. The predicted octanol–water partition coefficient (Wildman–Crippen LogP) is -1.24. The molecule has 0 spiro atoms. The van der Waals surface area contributed by atoms with Crippen LogP contribution < -0.4 is 5.43 Å². The monoisotopic (exact) mass is 218 g/mol. The molecule has 1 N–H and O–H groups in total. The lowest BCUT2D eigenvalue weighted by molar-refractivity contribution is -0.589. The van der Waals surface area contributed by atoms with Crippen LogP contribution in [-0.2, 0) is 11.5 Å². The Labute approximate surface area is 81.8 Å². The number of hydroxylamine groups is 1. The third-order valence-corrected chi connectivity index (χ3v) is 1.06. The van der Waals surface area contributed by atoms with Crippen molar-refractivity contribution in [3.05, 3.63) is 15.3 Å². The standard InChI is InChI=1S/C3H6N8O4/c1-15-8-10(12)2-9-5-3(4-7-9)6-11(13)14/h2H2,1H3,(H,5,6). The SMILES string of the molecule is CON=[N+]([O-])Cn1nnc(N[N+](=O)[O-])n1. The van der Waals surface area contributed by atoms with Gasteiger partial charge in [-0.1, -0.05) is 15.3 Å². The lowest BCUT2D eigenvalue weighted by atomic mass is 11.1. The molecule has 0 saturated heterocycles. The molecule has 0 amide bonds. The van der Waals surface area contributed by atoms with Gasteiger partial charge in [-0.25, -0.2) is 10.1 Å². The van der Waals surface area contributed by atoms with E-state index in [9.17, 15) is 15.3 Å². The summed E-state index contributed by atoms with van der Waals surface area (Å²) in [6.45, 7) is -0.389. The molecule has 0 aliphatic heterocycles. The van der Waals surface area contributed by atoms with E-state index in [1.165, 1.54) is 7.11 Å². The Bertz CT molecular complexity index is 372. The second kappa shape index (κ2) is 4.64.